The fourth-order valence-electron chi connectivity index (χ4n) is 3.97. The van der Waals surface area contributed by atoms with Crippen molar-refractivity contribution in [2.24, 2.45) is 5.92 Å². The van der Waals surface area contributed by atoms with Crippen LogP contribution in [0, 0.1) is 5.92 Å². The first-order valence-corrected chi connectivity index (χ1v) is 9.34. The van der Waals surface area contributed by atoms with Gasteiger partial charge in [0.2, 0.25) is 5.91 Å². The second kappa shape index (κ2) is 7.40. The lowest BCUT2D eigenvalue weighted by Gasteiger charge is -2.33. The van der Waals surface area contributed by atoms with Crippen LogP contribution in [0.4, 0.5) is 0 Å². The minimum atomic E-state index is 0.0808. The zero-order chi connectivity index (χ0) is 17.1. The number of carbonyl (C=O) groups excluding carboxylic acids is 1. The molecule has 2 aliphatic rings. The third-order valence-corrected chi connectivity index (χ3v) is 5.50. The molecule has 4 rings (SSSR count). The fraction of sp³-hybridized carbons (Fsp3) is 0.500. The fourth-order valence-corrected chi connectivity index (χ4v) is 3.97. The second-order valence-corrected chi connectivity index (χ2v) is 7.27. The van der Waals surface area contributed by atoms with Gasteiger partial charge in [0.15, 0.2) is 0 Å². The number of nitrogens with one attached hydrogen (secondary N) is 1. The van der Waals surface area contributed by atoms with Crippen molar-refractivity contribution in [2.75, 3.05) is 13.1 Å². The first-order valence-electron chi connectivity index (χ1n) is 9.34. The monoisotopic (exact) mass is 338 g/mol. The molecule has 1 N–H and O–H groups in total. The quantitative estimate of drug-likeness (QED) is 0.930. The van der Waals surface area contributed by atoms with E-state index in [4.69, 9.17) is 0 Å². The summed E-state index contributed by atoms with van der Waals surface area (Å²) in [5.74, 6) is 1.34. The molecule has 0 bridgehead atoms. The zero-order valence-corrected chi connectivity index (χ0v) is 14.6. The van der Waals surface area contributed by atoms with Gasteiger partial charge in [0, 0.05) is 57.0 Å². The summed E-state index contributed by atoms with van der Waals surface area (Å²) in [4.78, 5) is 19.5. The predicted molar refractivity (Wildman–Crippen MR) is 96.9 cm³/mol. The SMILES string of the molecule is O=C(NC1CCN(Cc2ccccc2)CC1)C1CCn2ccnc2C1. The summed E-state index contributed by atoms with van der Waals surface area (Å²) in [7, 11) is 0. The summed E-state index contributed by atoms with van der Waals surface area (Å²) in [5.41, 5.74) is 1.36. The van der Waals surface area contributed by atoms with Crippen molar-refractivity contribution in [1.82, 2.24) is 19.8 Å². The predicted octanol–water partition coefficient (Wildman–Crippen LogP) is 2.23. The highest BCUT2D eigenvalue weighted by molar-refractivity contribution is 5.79. The molecule has 0 radical (unpaired) electrons. The molecule has 1 unspecified atom stereocenters. The Bertz CT molecular complexity index is 703. The molecule has 1 saturated heterocycles. The van der Waals surface area contributed by atoms with Gasteiger partial charge < -0.3 is 9.88 Å². The lowest BCUT2D eigenvalue weighted by atomic mass is 9.95. The first-order chi connectivity index (χ1) is 12.3. The number of amides is 1. The Morgan fingerprint density at radius 3 is 2.72 bits per heavy atom. The Kier molecular flexibility index (Phi) is 4.83. The van der Waals surface area contributed by atoms with Gasteiger partial charge in [0.05, 0.1) is 0 Å². The number of benzene rings is 1. The van der Waals surface area contributed by atoms with E-state index in [1.165, 1.54) is 5.56 Å². The van der Waals surface area contributed by atoms with Crippen LogP contribution in [0.25, 0.3) is 0 Å². The highest BCUT2D eigenvalue weighted by atomic mass is 16.1. The Morgan fingerprint density at radius 2 is 1.92 bits per heavy atom. The van der Waals surface area contributed by atoms with Crippen LogP contribution in [-0.4, -0.2) is 39.5 Å². The van der Waals surface area contributed by atoms with E-state index in [0.717, 1.165) is 57.7 Å². The van der Waals surface area contributed by atoms with Crippen LogP contribution in [0.2, 0.25) is 0 Å². The molecule has 5 nitrogen and oxygen atoms in total. The van der Waals surface area contributed by atoms with Gasteiger partial charge in [-0.25, -0.2) is 4.98 Å². The summed E-state index contributed by atoms with van der Waals surface area (Å²) in [6.07, 6.45) is 7.61. The summed E-state index contributed by atoms with van der Waals surface area (Å²) in [5, 5.41) is 3.29. The average Bonchev–Trinajstić information content (AvgIpc) is 3.12. The number of hydrogen-bond acceptors (Lipinski definition) is 3. The third-order valence-electron chi connectivity index (χ3n) is 5.50. The van der Waals surface area contributed by atoms with Crippen LogP contribution in [0.15, 0.2) is 42.7 Å². The molecule has 5 heteroatoms. The van der Waals surface area contributed by atoms with Crippen LogP contribution in [0.1, 0.15) is 30.7 Å². The number of aromatic nitrogens is 2. The van der Waals surface area contributed by atoms with E-state index in [9.17, 15) is 4.79 Å². The Balaban J connectivity index is 1.24. The lowest BCUT2D eigenvalue weighted by Crippen LogP contribution is -2.47. The van der Waals surface area contributed by atoms with E-state index in [1.54, 1.807) is 0 Å². The molecule has 0 saturated carbocycles. The molecule has 3 heterocycles. The summed E-state index contributed by atoms with van der Waals surface area (Å²) >= 11 is 0. The van der Waals surface area contributed by atoms with E-state index in [2.05, 4.69) is 50.1 Å². The molecule has 0 aliphatic carbocycles. The summed E-state index contributed by atoms with van der Waals surface area (Å²) < 4.78 is 2.16. The number of likely N-dealkylation sites (tertiary alicyclic amines) is 1. The topological polar surface area (TPSA) is 50.2 Å². The molecular formula is C20H26N4O. The van der Waals surface area contributed by atoms with Gasteiger partial charge in [-0.1, -0.05) is 30.3 Å². The van der Waals surface area contributed by atoms with E-state index in [0.29, 0.717) is 6.04 Å². The van der Waals surface area contributed by atoms with Gasteiger partial charge in [0.1, 0.15) is 5.82 Å². The minimum Gasteiger partial charge on any atom is -0.353 e. The van der Waals surface area contributed by atoms with E-state index < -0.39 is 0 Å². The molecule has 1 amide bonds. The third kappa shape index (κ3) is 3.93. The lowest BCUT2D eigenvalue weighted by molar-refractivity contribution is -0.126. The van der Waals surface area contributed by atoms with Gasteiger partial charge in [-0.2, -0.15) is 0 Å². The van der Waals surface area contributed by atoms with Crippen molar-refractivity contribution in [3.05, 3.63) is 54.1 Å². The summed E-state index contributed by atoms with van der Waals surface area (Å²) in [6, 6.07) is 10.9. The average molecular weight is 338 g/mol. The van der Waals surface area contributed by atoms with Gasteiger partial charge in [-0.15, -0.1) is 0 Å². The van der Waals surface area contributed by atoms with Crippen LogP contribution >= 0.6 is 0 Å². The molecule has 0 spiro atoms. The smallest absolute Gasteiger partial charge is 0.223 e. The number of carbonyl (C=O) groups is 1. The molecule has 1 aromatic heterocycles. The highest BCUT2D eigenvalue weighted by Gasteiger charge is 2.28. The molecule has 1 aromatic carbocycles. The number of hydrogen-bond donors (Lipinski definition) is 1. The summed E-state index contributed by atoms with van der Waals surface area (Å²) in [6.45, 7) is 4.01. The number of fused-ring (bicyclic) bond motifs is 1. The Labute approximate surface area is 149 Å². The molecule has 25 heavy (non-hydrogen) atoms. The van der Waals surface area contributed by atoms with Gasteiger partial charge in [-0.3, -0.25) is 9.69 Å². The number of nitrogens with zero attached hydrogens (tertiary/aromatic N) is 3. The van der Waals surface area contributed by atoms with Crippen LogP contribution in [0.3, 0.4) is 0 Å². The van der Waals surface area contributed by atoms with Crippen molar-refractivity contribution in [3.8, 4) is 0 Å². The normalized spacial score (nSPS) is 21.7. The number of aryl methyl sites for hydroxylation is 1. The van der Waals surface area contributed by atoms with Crippen LogP contribution in [-0.2, 0) is 24.3 Å². The molecule has 132 valence electrons. The van der Waals surface area contributed by atoms with Crippen LogP contribution < -0.4 is 5.32 Å². The van der Waals surface area contributed by atoms with Crippen molar-refractivity contribution in [2.45, 2.75) is 44.8 Å². The largest absolute Gasteiger partial charge is 0.353 e. The maximum absolute atomic E-state index is 12.6. The highest BCUT2D eigenvalue weighted by Crippen LogP contribution is 2.20. The Hall–Kier alpha value is -2.14. The second-order valence-electron chi connectivity index (χ2n) is 7.27. The number of piperidine rings is 1. The molecule has 2 aliphatic heterocycles. The minimum absolute atomic E-state index is 0.0808. The van der Waals surface area contributed by atoms with Crippen molar-refractivity contribution < 1.29 is 4.79 Å². The van der Waals surface area contributed by atoms with E-state index in [-0.39, 0.29) is 11.8 Å². The van der Waals surface area contributed by atoms with Crippen molar-refractivity contribution in [3.63, 3.8) is 0 Å². The maximum atomic E-state index is 12.6. The van der Waals surface area contributed by atoms with E-state index >= 15 is 0 Å². The van der Waals surface area contributed by atoms with Gasteiger partial charge >= 0.3 is 0 Å². The molecule has 1 atom stereocenters. The van der Waals surface area contributed by atoms with Crippen LogP contribution in [0.5, 0.6) is 0 Å². The maximum Gasteiger partial charge on any atom is 0.223 e. The van der Waals surface area contributed by atoms with Gasteiger partial charge in [0.25, 0.3) is 0 Å². The standard InChI is InChI=1S/C20H26N4O/c25-20(17-6-12-24-13-9-21-19(24)14-17)22-18-7-10-23(11-8-18)15-16-4-2-1-3-5-16/h1-5,9,13,17-18H,6-8,10-12,14-15H2,(H,22,25). The zero-order valence-electron chi connectivity index (χ0n) is 14.6. The number of imidazole rings is 1. The Morgan fingerprint density at radius 1 is 1.12 bits per heavy atom. The number of rotatable bonds is 4. The van der Waals surface area contributed by atoms with Crippen molar-refractivity contribution in [1.29, 1.82) is 0 Å². The first kappa shape index (κ1) is 16.3. The van der Waals surface area contributed by atoms with Gasteiger partial charge in [-0.05, 0) is 24.8 Å². The van der Waals surface area contributed by atoms with Crippen molar-refractivity contribution >= 4 is 5.91 Å². The van der Waals surface area contributed by atoms with E-state index in [1.807, 2.05) is 12.4 Å². The molecule has 1 fully saturated rings. The molecular weight excluding hydrogens is 312 g/mol. The molecule has 2 aromatic rings.